The third-order valence-electron chi connectivity index (χ3n) is 5.79. The van der Waals surface area contributed by atoms with Crippen molar-refractivity contribution in [2.75, 3.05) is 27.7 Å². The van der Waals surface area contributed by atoms with Crippen LogP contribution in [0.4, 0.5) is 9.59 Å². The maximum absolute atomic E-state index is 13.1. The summed E-state index contributed by atoms with van der Waals surface area (Å²) in [5.74, 6) is 0.418. The molecule has 1 aliphatic rings. The second-order valence-electron chi connectivity index (χ2n) is 11.4. The molecule has 0 aromatic heterocycles. The van der Waals surface area contributed by atoms with Crippen molar-refractivity contribution in [3.63, 3.8) is 0 Å². The van der Waals surface area contributed by atoms with Crippen LogP contribution in [0.25, 0.3) is 0 Å². The first kappa shape index (κ1) is 27.9. The smallest absolute Gasteiger partial charge is 0.420 e. The van der Waals surface area contributed by atoms with Gasteiger partial charge in [0.05, 0.1) is 12.7 Å². The lowest BCUT2D eigenvalue weighted by atomic mass is 9.69. The quantitative estimate of drug-likeness (QED) is 0.651. The minimum absolute atomic E-state index is 0.249. The zero-order valence-corrected chi connectivity index (χ0v) is 22.2. The number of carbonyl (C=O) groups is 2. The van der Waals surface area contributed by atoms with Crippen molar-refractivity contribution < 1.29 is 28.9 Å². The van der Waals surface area contributed by atoms with Crippen LogP contribution in [0.5, 0.6) is 5.75 Å². The van der Waals surface area contributed by atoms with Gasteiger partial charge in [-0.25, -0.2) is 14.5 Å². The Hall–Kier alpha value is -2.32. The van der Waals surface area contributed by atoms with Crippen LogP contribution >= 0.6 is 0 Å². The Morgan fingerprint density at radius 3 is 2.09 bits per heavy atom. The average Bonchev–Trinajstić information content (AvgIpc) is 2.67. The van der Waals surface area contributed by atoms with Gasteiger partial charge in [0.25, 0.3) is 0 Å². The van der Waals surface area contributed by atoms with Crippen LogP contribution in [-0.2, 0) is 15.1 Å². The largest absolute Gasteiger partial charge is 0.497 e. The molecule has 0 saturated heterocycles. The van der Waals surface area contributed by atoms with Crippen molar-refractivity contribution in [3.05, 3.63) is 29.8 Å². The van der Waals surface area contributed by atoms with Gasteiger partial charge in [-0.2, -0.15) is 0 Å². The van der Waals surface area contributed by atoms with Crippen LogP contribution < -0.4 is 4.74 Å². The lowest BCUT2D eigenvalue weighted by Crippen LogP contribution is -2.55. The molecule has 0 heterocycles. The minimum atomic E-state index is -1.14. The molecule has 3 atom stereocenters. The van der Waals surface area contributed by atoms with E-state index in [0.717, 1.165) is 10.5 Å². The number of hydrogen-bond donors (Lipinski definition) is 1. The SMILES string of the molecule is COc1cccc(C2(O)CCC(N(C(=O)OC(C)(C)C)C(=O)OC(C)(C)C)CC2CN(C)C)c1. The Morgan fingerprint density at radius 1 is 1.06 bits per heavy atom. The van der Waals surface area contributed by atoms with Gasteiger partial charge in [0.1, 0.15) is 17.0 Å². The van der Waals surface area contributed by atoms with Crippen molar-refractivity contribution in [3.8, 4) is 5.75 Å². The molecule has 8 heteroatoms. The van der Waals surface area contributed by atoms with Crippen molar-refractivity contribution >= 4 is 12.2 Å². The maximum Gasteiger partial charge on any atom is 0.420 e. The first-order chi connectivity index (χ1) is 15.6. The van der Waals surface area contributed by atoms with Crippen LogP contribution in [0.2, 0.25) is 0 Å². The van der Waals surface area contributed by atoms with Crippen LogP contribution in [0, 0.1) is 5.92 Å². The highest BCUT2D eigenvalue weighted by Crippen LogP contribution is 2.44. The maximum atomic E-state index is 13.1. The molecule has 2 amide bonds. The molecule has 1 fully saturated rings. The molecule has 1 aromatic carbocycles. The van der Waals surface area contributed by atoms with Crippen LogP contribution in [0.15, 0.2) is 24.3 Å². The number of imide groups is 1. The van der Waals surface area contributed by atoms with E-state index in [1.54, 1.807) is 48.7 Å². The highest BCUT2D eigenvalue weighted by atomic mass is 16.6. The molecule has 1 aliphatic carbocycles. The zero-order valence-electron chi connectivity index (χ0n) is 22.2. The molecule has 0 radical (unpaired) electrons. The summed E-state index contributed by atoms with van der Waals surface area (Å²) in [6.07, 6.45) is -0.282. The van der Waals surface area contributed by atoms with Gasteiger partial charge in [-0.05, 0) is 92.6 Å². The number of amides is 2. The Kier molecular flexibility index (Phi) is 8.64. The summed E-state index contributed by atoms with van der Waals surface area (Å²) in [7, 11) is 5.47. The molecule has 3 unspecified atom stereocenters. The summed E-state index contributed by atoms with van der Waals surface area (Å²) in [6, 6.07) is 6.97. The van der Waals surface area contributed by atoms with E-state index in [1.165, 1.54) is 0 Å². The first-order valence-electron chi connectivity index (χ1n) is 11.8. The number of benzene rings is 1. The number of nitrogens with zero attached hydrogens (tertiary/aromatic N) is 2. The van der Waals surface area contributed by atoms with Gasteiger partial charge < -0.3 is 24.2 Å². The summed E-state index contributed by atoms with van der Waals surface area (Å²) < 4.78 is 16.5. The summed E-state index contributed by atoms with van der Waals surface area (Å²) in [5.41, 5.74) is -1.91. The van der Waals surface area contributed by atoms with Gasteiger partial charge in [0.2, 0.25) is 0 Å². The molecular formula is C26H42N2O6. The molecule has 0 spiro atoms. The molecule has 8 nitrogen and oxygen atoms in total. The van der Waals surface area contributed by atoms with Crippen molar-refractivity contribution in [1.29, 1.82) is 0 Å². The summed E-state index contributed by atoms with van der Waals surface area (Å²) in [5, 5.41) is 11.9. The molecule has 0 bridgehead atoms. The Bertz CT molecular complexity index is 830. The molecule has 1 N–H and O–H groups in total. The molecule has 2 rings (SSSR count). The monoisotopic (exact) mass is 478 g/mol. The zero-order chi connectivity index (χ0) is 25.9. The van der Waals surface area contributed by atoms with Crippen LogP contribution in [0.3, 0.4) is 0 Å². The number of ether oxygens (including phenoxy) is 3. The summed E-state index contributed by atoms with van der Waals surface area (Å²) >= 11 is 0. The van der Waals surface area contributed by atoms with E-state index in [1.807, 2.05) is 43.3 Å². The summed E-state index contributed by atoms with van der Waals surface area (Å²) in [6.45, 7) is 11.1. The Balaban J connectivity index is 2.42. The lowest BCUT2D eigenvalue weighted by molar-refractivity contribution is -0.0845. The van der Waals surface area contributed by atoms with E-state index in [4.69, 9.17) is 14.2 Å². The topological polar surface area (TPSA) is 88.5 Å². The second-order valence-corrected chi connectivity index (χ2v) is 11.4. The van der Waals surface area contributed by atoms with Crippen LogP contribution in [0.1, 0.15) is 66.4 Å². The number of aliphatic hydroxyl groups is 1. The van der Waals surface area contributed by atoms with Crippen molar-refractivity contribution in [1.82, 2.24) is 9.80 Å². The fourth-order valence-electron chi connectivity index (χ4n) is 4.40. The van der Waals surface area contributed by atoms with E-state index in [9.17, 15) is 14.7 Å². The fraction of sp³-hybridized carbons (Fsp3) is 0.692. The molecule has 34 heavy (non-hydrogen) atoms. The van der Waals surface area contributed by atoms with Gasteiger partial charge in [-0.15, -0.1) is 0 Å². The fourth-order valence-corrected chi connectivity index (χ4v) is 4.40. The standard InChI is InChI=1S/C26H42N2O6/c1-24(2,3)33-22(29)28(23(30)34-25(4,5)6)20-13-14-26(31,19(15-20)17-27(7)8)18-11-10-12-21(16-18)32-9/h10-12,16,19-20,31H,13-15,17H2,1-9H3. The normalized spacial score (nSPS) is 23.4. The number of carbonyl (C=O) groups excluding carboxylic acids is 2. The highest BCUT2D eigenvalue weighted by Gasteiger charge is 2.48. The minimum Gasteiger partial charge on any atom is -0.497 e. The Morgan fingerprint density at radius 2 is 1.62 bits per heavy atom. The van der Waals surface area contributed by atoms with E-state index in [0.29, 0.717) is 31.6 Å². The third kappa shape index (κ3) is 7.34. The van der Waals surface area contributed by atoms with Crippen molar-refractivity contribution in [2.24, 2.45) is 5.92 Å². The number of hydrogen-bond acceptors (Lipinski definition) is 7. The van der Waals surface area contributed by atoms with E-state index >= 15 is 0 Å². The second kappa shape index (κ2) is 10.5. The Labute approximate surface area is 204 Å². The number of methoxy groups -OCH3 is 1. The number of rotatable bonds is 5. The predicted molar refractivity (Wildman–Crippen MR) is 131 cm³/mol. The molecule has 1 saturated carbocycles. The lowest BCUT2D eigenvalue weighted by Gasteiger charge is -2.46. The third-order valence-corrected chi connectivity index (χ3v) is 5.79. The van der Waals surface area contributed by atoms with Crippen molar-refractivity contribution in [2.45, 2.75) is 83.6 Å². The van der Waals surface area contributed by atoms with E-state index < -0.39 is 35.0 Å². The van der Waals surface area contributed by atoms with Gasteiger partial charge in [-0.1, -0.05) is 12.1 Å². The summed E-state index contributed by atoms with van der Waals surface area (Å²) in [4.78, 5) is 29.4. The molecular weight excluding hydrogens is 436 g/mol. The van der Waals surface area contributed by atoms with Gasteiger partial charge in [0.15, 0.2) is 0 Å². The van der Waals surface area contributed by atoms with Crippen LogP contribution in [-0.4, -0.2) is 72.1 Å². The van der Waals surface area contributed by atoms with E-state index in [2.05, 4.69) is 0 Å². The van der Waals surface area contributed by atoms with Gasteiger partial charge in [-0.3, -0.25) is 0 Å². The highest BCUT2D eigenvalue weighted by molar-refractivity contribution is 5.88. The van der Waals surface area contributed by atoms with Gasteiger partial charge >= 0.3 is 12.2 Å². The first-order valence-corrected chi connectivity index (χ1v) is 11.8. The predicted octanol–water partition coefficient (Wildman–Crippen LogP) is 4.79. The average molecular weight is 479 g/mol. The van der Waals surface area contributed by atoms with E-state index in [-0.39, 0.29) is 5.92 Å². The molecule has 192 valence electrons. The molecule has 0 aliphatic heterocycles. The molecule has 1 aromatic rings. The van der Waals surface area contributed by atoms with Gasteiger partial charge in [0, 0.05) is 18.5 Å².